The van der Waals surface area contributed by atoms with E-state index in [0.717, 1.165) is 12.1 Å². The predicted molar refractivity (Wildman–Crippen MR) is 209 cm³/mol. The molecule has 2 heteroatoms. The van der Waals surface area contributed by atoms with E-state index in [9.17, 15) is 19.2 Å². The summed E-state index contributed by atoms with van der Waals surface area (Å²) in [6.45, 7) is 0. The van der Waals surface area contributed by atoms with E-state index in [1.165, 1.54) is 0 Å². The summed E-state index contributed by atoms with van der Waals surface area (Å²) in [5, 5.41) is 0. The zero-order valence-corrected chi connectivity index (χ0v) is 25.5. The summed E-state index contributed by atoms with van der Waals surface area (Å²) in [4.78, 5) is 0.319. The summed E-state index contributed by atoms with van der Waals surface area (Å²) in [6, 6.07) is -30.0. The third kappa shape index (κ3) is 4.57. The van der Waals surface area contributed by atoms with Crippen LogP contribution in [0.5, 0.6) is 11.5 Å². The molecule has 1 heterocycles. The maximum absolute atomic E-state index is 10.5. The van der Waals surface area contributed by atoms with E-state index < -0.39 is 277 Å². The van der Waals surface area contributed by atoms with Crippen LogP contribution in [0.25, 0.3) is 33.4 Å². The van der Waals surface area contributed by atoms with Gasteiger partial charge in [0.05, 0.1) is 47.9 Å². The number of ether oxygens (including phenoxy) is 1. The van der Waals surface area contributed by atoms with Gasteiger partial charge in [-0.05, 0) is 92.8 Å². The summed E-state index contributed by atoms with van der Waals surface area (Å²) >= 11 is 0. The number of anilines is 3. The van der Waals surface area contributed by atoms with Crippen LogP contribution in [0.2, 0.25) is 0 Å². The number of para-hydroxylation sites is 1. The van der Waals surface area contributed by atoms with Crippen LogP contribution < -0.4 is 9.64 Å². The molecule has 51 heavy (non-hydrogen) atoms. The van der Waals surface area contributed by atoms with E-state index in [1.807, 2.05) is 0 Å². The van der Waals surface area contributed by atoms with Gasteiger partial charge in [-0.15, -0.1) is 0 Å². The fourth-order valence-electron chi connectivity index (χ4n) is 6.23. The molecule has 10 rings (SSSR count). The Morgan fingerprint density at radius 2 is 0.843 bits per heavy atom. The number of nitrogens with zero attached hydrogens (tertiary/aromatic N) is 1. The molecule has 0 amide bonds. The Hall–Kier alpha value is -6.64. The molecule has 2 aliphatic rings. The van der Waals surface area contributed by atoms with Crippen molar-refractivity contribution in [3.63, 3.8) is 0 Å². The lowest BCUT2D eigenvalue weighted by atomic mass is 9.66. The van der Waals surface area contributed by atoms with Crippen LogP contribution in [0, 0.1) is 0 Å². The summed E-state index contributed by atoms with van der Waals surface area (Å²) in [7, 11) is 0. The molecule has 1 aliphatic carbocycles. The second-order valence-corrected chi connectivity index (χ2v) is 10.9. The highest BCUT2D eigenvalue weighted by Crippen LogP contribution is 2.62. The van der Waals surface area contributed by atoms with Gasteiger partial charge >= 0.3 is 0 Å². The van der Waals surface area contributed by atoms with Gasteiger partial charge in [-0.2, -0.15) is 0 Å². The third-order valence-electron chi connectivity index (χ3n) is 8.31. The molecular formula is C49H33NO. The smallest absolute Gasteiger partial charge is 0.132 e. The molecule has 0 saturated heterocycles. The van der Waals surface area contributed by atoms with Crippen molar-refractivity contribution in [3.05, 3.63) is 222 Å². The topological polar surface area (TPSA) is 12.5 Å². The molecule has 2 nitrogen and oxygen atoms in total. The normalized spacial score (nSPS) is 23.4. The fourth-order valence-corrected chi connectivity index (χ4v) is 6.23. The second kappa shape index (κ2) is 11.8. The van der Waals surface area contributed by atoms with Crippen molar-refractivity contribution in [2.24, 2.45) is 0 Å². The molecule has 1 atom stereocenters. The quantitative estimate of drug-likeness (QED) is 0.179. The Morgan fingerprint density at radius 3 is 1.49 bits per heavy atom. The number of rotatable bonds is 5. The van der Waals surface area contributed by atoms with E-state index in [2.05, 4.69) is 0 Å². The van der Waals surface area contributed by atoms with Crippen LogP contribution in [0.1, 0.15) is 64.7 Å². The Labute approximate surface area is 342 Å². The molecule has 0 fully saturated rings. The minimum Gasteiger partial charge on any atom is -0.457 e. The van der Waals surface area contributed by atoms with Crippen LogP contribution >= 0.6 is 0 Å². The first-order chi connectivity index (χ1) is 38.2. The minimum absolute atomic E-state index is 0.319. The highest BCUT2D eigenvalue weighted by atomic mass is 16.5. The summed E-state index contributed by atoms with van der Waals surface area (Å²) in [6.07, 6.45) is 0. The second-order valence-electron chi connectivity index (χ2n) is 10.9. The van der Waals surface area contributed by atoms with Crippen molar-refractivity contribution < 1.29 is 47.2 Å². The molecule has 8 aromatic carbocycles. The lowest BCUT2D eigenvalue weighted by Crippen LogP contribution is -2.32. The molecule has 0 saturated carbocycles. The highest BCUT2D eigenvalue weighted by Gasteiger charge is 2.51. The van der Waals surface area contributed by atoms with Gasteiger partial charge in [-0.3, -0.25) is 0 Å². The molecular weight excluding hydrogens is 619 g/mol. The highest BCUT2D eigenvalue weighted by molar-refractivity contribution is 5.90. The average Bonchev–Trinajstić information content (AvgIpc) is 1.63. The first-order valence-corrected chi connectivity index (χ1v) is 15.0. The van der Waals surface area contributed by atoms with Gasteiger partial charge in [-0.1, -0.05) is 151 Å². The van der Waals surface area contributed by atoms with Crippen molar-refractivity contribution in [3.8, 4) is 44.9 Å². The molecule has 8 aromatic rings. The van der Waals surface area contributed by atoms with Crippen molar-refractivity contribution in [1.29, 1.82) is 0 Å². The zero-order valence-electron chi connectivity index (χ0n) is 56.5. The standard InChI is InChI=1S/C49H33NO/c1-3-13-34(14-4-1)36-23-27-38(28-24-36)50(39-29-25-37(26-30-39)35-15-5-2-6-16-35)40-31-32-48-46(33-40)49(45-21-11-12-22-47(45)51-48)43-19-9-7-17-41(43)42-18-8-10-20-44(42)49/h1-33H/i1D,2D,3D,4D,5D,6D,7D,8D,9D,10D,11D,12D,13D,14D,15D,16D,17D,18D,19D,22D,23D,24D,25D,26D,27D,28D,29D,30D,31D,32D,33D. The maximum atomic E-state index is 10.5. The van der Waals surface area contributed by atoms with Gasteiger partial charge in [0.2, 0.25) is 0 Å². The SMILES string of the molecule is [2H]c1cc2c(c([2H])c1[2H])Oc1c([2H])c([2H])c(N(c3c([2H])c([2H])c(-c4c([2H])c([2H])c([2H])c([2H])c4[2H])c([2H])c3[2H])c3c([2H])c([2H])c(-c4c([2H])c([2H])c([2H])c([2H])c4[2H])c([2H])c3[2H])c([2H])c1C21c2cc([2H])c([2H])c([2H])c2-c2c([2H])c([2H])c([2H])c([2H])c21. The first kappa shape index (κ1) is 11.7. The van der Waals surface area contributed by atoms with Gasteiger partial charge < -0.3 is 9.64 Å². The van der Waals surface area contributed by atoms with Crippen LogP contribution in [0.4, 0.5) is 17.1 Å². The third-order valence-corrected chi connectivity index (χ3v) is 8.31. The van der Waals surface area contributed by atoms with Crippen molar-refractivity contribution in [2.75, 3.05) is 4.90 Å². The summed E-state index contributed by atoms with van der Waals surface area (Å²) in [5.41, 5.74) is -13.3. The Kier molecular flexibility index (Phi) is 2.70. The molecule has 0 N–H and O–H groups in total. The number of hydrogen-bond acceptors (Lipinski definition) is 2. The first-order valence-electron chi connectivity index (χ1n) is 30.5. The van der Waals surface area contributed by atoms with Crippen LogP contribution in [-0.2, 0) is 5.41 Å². The molecule has 1 spiro atoms. The average molecular weight is 683 g/mol. The summed E-state index contributed by atoms with van der Waals surface area (Å²) < 4.78 is 287. The largest absolute Gasteiger partial charge is 0.457 e. The van der Waals surface area contributed by atoms with E-state index >= 15 is 0 Å². The number of hydrogen-bond donors (Lipinski definition) is 0. The van der Waals surface area contributed by atoms with Gasteiger partial charge in [-0.25, -0.2) is 0 Å². The molecule has 0 radical (unpaired) electrons. The molecule has 240 valence electrons. The van der Waals surface area contributed by atoms with Gasteiger partial charge in [0.25, 0.3) is 0 Å². The zero-order chi connectivity index (χ0) is 60.8. The molecule has 1 aliphatic heterocycles. The van der Waals surface area contributed by atoms with Gasteiger partial charge in [0.1, 0.15) is 11.5 Å². The Balaban J connectivity index is 1.46. The summed E-state index contributed by atoms with van der Waals surface area (Å²) in [5.74, 6) is -1.61. The van der Waals surface area contributed by atoms with Crippen molar-refractivity contribution >= 4 is 17.1 Å². The van der Waals surface area contributed by atoms with E-state index in [0.29, 0.717) is 4.90 Å². The van der Waals surface area contributed by atoms with Gasteiger partial charge in [0, 0.05) is 28.2 Å². The lowest BCUT2D eigenvalue weighted by molar-refractivity contribution is 0.436. The molecule has 0 bridgehead atoms. The van der Waals surface area contributed by atoms with Crippen LogP contribution in [-0.4, -0.2) is 0 Å². The fraction of sp³-hybridized carbons (Fsp3) is 0.0204. The van der Waals surface area contributed by atoms with Crippen molar-refractivity contribution in [2.45, 2.75) is 5.41 Å². The monoisotopic (exact) mass is 682 g/mol. The maximum Gasteiger partial charge on any atom is 0.132 e. The van der Waals surface area contributed by atoms with E-state index in [1.54, 1.807) is 0 Å². The van der Waals surface area contributed by atoms with Gasteiger partial charge in [0.15, 0.2) is 0 Å². The Bertz CT molecular complexity index is 4090. The molecule has 1 unspecified atom stereocenters. The lowest BCUT2D eigenvalue weighted by Gasteiger charge is -2.40. The van der Waals surface area contributed by atoms with Crippen molar-refractivity contribution in [1.82, 2.24) is 0 Å². The minimum atomic E-state index is -2.78. The van der Waals surface area contributed by atoms with E-state index in [-0.39, 0.29) is 0 Å². The van der Waals surface area contributed by atoms with Crippen LogP contribution in [0.3, 0.4) is 0 Å². The van der Waals surface area contributed by atoms with Crippen LogP contribution in [0.15, 0.2) is 199 Å². The molecule has 0 aromatic heterocycles. The number of benzene rings is 8. The van der Waals surface area contributed by atoms with E-state index in [4.69, 9.17) is 28.0 Å². The predicted octanol–water partition coefficient (Wildman–Crippen LogP) is 13.0. The Morgan fingerprint density at radius 1 is 0.373 bits per heavy atom. The number of fused-ring (bicyclic) bond motifs is 9.